The van der Waals surface area contributed by atoms with Crippen LogP contribution in [0, 0.1) is 0 Å². The smallest absolute Gasteiger partial charge is 0.357 e. The molecule has 0 aliphatic carbocycles. The maximum Gasteiger partial charge on any atom is 0.357 e. The van der Waals surface area contributed by atoms with E-state index < -0.39 is 30.7 Å². The molecule has 1 fully saturated rings. The molecular weight excluding hydrogens is 372 g/mol. The highest BCUT2D eigenvalue weighted by atomic mass is 32.1. The van der Waals surface area contributed by atoms with Gasteiger partial charge in [-0.2, -0.15) is 0 Å². The standard InChI is InChI=1S/C19H20O7S/c20-15-14(11-23-19(27)25-13-9-5-2-6-10-13)26-18(17(22)16(15)21)24-12-7-3-1-4-8-12/h1-10,14-18,20-22H,11H2/t14-,15-,16+,17-,18-/m1/s1. The van der Waals surface area contributed by atoms with Crippen LogP contribution in [-0.2, 0) is 9.47 Å². The summed E-state index contributed by atoms with van der Waals surface area (Å²) in [4.78, 5) is 0. The number of thiocarbonyl (C=S) groups is 1. The predicted octanol–water partition coefficient (Wildman–Crippen LogP) is 1.25. The lowest BCUT2D eigenvalue weighted by molar-refractivity contribution is -0.277. The number of para-hydroxylation sites is 2. The van der Waals surface area contributed by atoms with Gasteiger partial charge < -0.3 is 34.3 Å². The second-order valence-corrected chi connectivity index (χ2v) is 6.26. The van der Waals surface area contributed by atoms with E-state index in [1.807, 2.05) is 12.1 Å². The van der Waals surface area contributed by atoms with Crippen LogP contribution >= 0.6 is 12.2 Å². The lowest BCUT2D eigenvalue weighted by atomic mass is 9.99. The predicted molar refractivity (Wildman–Crippen MR) is 99.4 cm³/mol. The first-order valence-corrected chi connectivity index (χ1v) is 8.76. The van der Waals surface area contributed by atoms with E-state index in [0.717, 1.165) is 0 Å². The number of aliphatic hydroxyl groups excluding tert-OH is 3. The first kappa shape index (κ1) is 19.5. The summed E-state index contributed by atoms with van der Waals surface area (Å²) in [5.74, 6) is 0.959. The largest absolute Gasteiger partial charge is 0.462 e. The SMILES string of the molecule is O[C@@H]1[C@@H](O)[C@H](Oc2ccccc2)O[C@H](COC(=S)Oc2ccccc2)[C@H]1O. The van der Waals surface area contributed by atoms with Crippen molar-refractivity contribution in [1.82, 2.24) is 0 Å². The highest BCUT2D eigenvalue weighted by Crippen LogP contribution is 2.24. The van der Waals surface area contributed by atoms with Gasteiger partial charge in [0, 0.05) is 12.2 Å². The summed E-state index contributed by atoms with van der Waals surface area (Å²) >= 11 is 5.01. The van der Waals surface area contributed by atoms with Crippen molar-refractivity contribution in [3.63, 3.8) is 0 Å². The molecule has 1 aliphatic heterocycles. The summed E-state index contributed by atoms with van der Waals surface area (Å²) in [5, 5.41) is 30.2. The topological polar surface area (TPSA) is 97.6 Å². The van der Waals surface area contributed by atoms with Gasteiger partial charge in [0.2, 0.25) is 6.29 Å². The number of ether oxygens (including phenoxy) is 4. The molecule has 3 rings (SSSR count). The minimum absolute atomic E-state index is 0.155. The van der Waals surface area contributed by atoms with Gasteiger partial charge in [-0.25, -0.2) is 0 Å². The minimum Gasteiger partial charge on any atom is -0.462 e. The van der Waals surface area contributed by atoms with Gasteiger partial charge in [0.15, 0.2) is 0 Å². The molecule has 0 amide bonds. The monoisotopic (exact) mass is 392 g/mol. The molecule has 2 aromatic rings. The van der Waals surface area contributed by atoms with Crippen LogP contribution in [0.3, 0.4) is 0 Å². The molecule has 1 aliphatic rings. The highest BCUT2D eigenvalue weighted by Gasteiger charge is 2.45. The quantitative estimate of drug-likeness (QED) is 0.655. The third-order valence-corrected chi connectivity index (χ3v) is 4.17. The van der Waals surface area contributed by atoms with Crippen molar-refractivity contribution in [3.8, 4) is 11.5 Å². The Morgan fingerprint density at radius 2 is 1.44 bits per heavy atom. The Balaban J connectivity index is 1.57. The Labute approximate surface area is 161 Å². The van der Waals surface area contributed by atoms with Crippen LogP contribution in [0.2, 0.25) is 0 Å². The fourth-order valence-corrected chi connectivity index (χ4v) is 2.71. The number of rotatable bonds is 5. The molecule has 0 saturated carbocycles. The van der Waals surface area contributed by atoms with Crippen molar-refractivity contribution in [2.75, 3.05) is 6.61 Å². The summed E-state index contributed by atoms with van der Waals surface area (Å²) in [6.07, 6.45) is -6.43. The first-order valence-electron chi connectivity index (χ1n) is 8.35. The van der Waals surface area contributed by atoms with Gasteiger partial charge >= 0.3 is 5.24 Å². The Morgan fingerprint density at radius 1 is 0.852 bits per heavy atom. The Morgan fingerprint density at radius 3 is 2.07 bits per heavy atom. The highest BCUT2D eigenvalue weighted by molar-refractivity contribution is 7.79. The lowest BCUT2D eigenvalue weighted by Gasteiger charge is -2.39. The van der Waals surface area contributed by atoms with Gasteiger partial charge in [0.05, 0.1) is 0 Å². The van der Waals surface area contributed by atoms with E-state index in [9.17, 15) is 15.3 Å². The molecule has 8 heteroatoms. The van der Waals surface area contributed by atoms with E-state index in [4.69, 9.17) is 31.2 Å². The van der Waals surface area contributed by atoms with Crippen molar-refractivity contribution in [2.24, 2.45) is 0 Å². The second kappa shape index (κ2) is 9.12. The summed E-state index contributed by atoms with van der Waals surface area (Å²) in [6.45, 7) is -0.189. The molecule has 0 bridgehead atoms. The number of benzene rings is 2. The van der Waals surface area contributed by atoms with E-state index in [-0.39, 0.29) is 11.8 Å². The van der Waals surface area contributed by atoms with Crippen molar-refractivity contribution in [3.05, 3.63) is 60.7 Å². The lowest BCUT2D eigenvalue weighted by Crippen LogP contribution is -2.60. The fraction of sp³-hybridized carbons (Fsp3) is 0.316. The van der Waals surface area contributed by atoms with Crippen molar-refractivity contribution < 1.29 is 34.3 Å². The van der Waals surface area contributed by atoms with E-state index in [0.29, 0.717) is 11.5 Å². The van der Waals surface area contributed by atoms with E-state index in [2.05, 4.69) is 0 Å². The van der Waals surface area contributed by atoms with Gasteiger partial charge in [-0.05, 0) is 24.3 Å². The molecule has 2 aromatic carbocycles. The van der Waals surface area contributed by atoms with Crippen LogP contribution in [0.5, 0.6) is 11.5 Å². The summed E-state index contributed by atoms with van der Waals surface area (Å²) in [6, 6.07) is 17.5. The Hall–Kier alpha value is -2.23. The van der Waals surface area contributed by atoms with Gasteiger partial charge in [-0.1, -0.05) is 36.4 Å². The number of hydrogen-bond donors (Lipinski definition) is 3. The van der Waals surface area contributed by atoms with E-state index in [1.54, 1.807) is 48.5 Å². The Bertz CT molecular complexity index is 727. The number of aliphatic hydroxyl groups is 3. The van der Waals surface area contributed by atoms with Crippen LogP contribution in [0.1, 0.15) is 0 Å². The fourth-order valence-electron chi connectivity index (χ4n) is 2.55. The minimum atomic E-state index is -1.47. The van der Waals surface area contributed by atoms with Crippen LogP contribution in [-0.4, -0.2) is 57.9 Å². The molecule has 5 atom stereocenters. The summed E-state index contributed by atoms with van der Waals surface area (Å²) in [7, 11) is 0. The van der Waals surface area contributed by atoms with E-state index >= 15 is 0 Å². The molecule has 0 unspecified atom stereocenters. The molecule has 1 heterocycles. The molecule has 0 spiro atoms. The average molecular weight is 392 g/mol. The maximum atomic E-state index is 10.1. The van der Waals surface area contributed by atoms with Crippen molar-refractivity contribution >= 4 is 17.5 Å². The molecule has 27 heavy (non-hydrogen) atoms. The third kappa shape index (κ3) is 5.15. The number of hydrogen-bond acceptors (Lipinski definition) is 8. The second-order valence-electron chi connectivity index (χ2n) is 5.92. The van der Waals surface area contributed by atoms with Gasteiger partial charge in [-0.15, -0.1) is 0 Å². The summed E-state index contributed by atoms with van der Waals surface area (Å²) in [5.41, 5.74) is 0. The summed E-state index contributed by atoms with van der Waals surface area (Å²) < 4.78 is 21.8. The molecule has 3 N–H and O–H groups in total. The third-order valence-electron chi connectivity index (χ3n) is 3.97. The van der Waals surface area contributed by atoms with E-state index in [1.165, 1.54) is 0 Å². The van der Waals surface area contributed by atoms with Gasteiger partial charge in [0.25, 0.3) is 0 Å². The molecule has 144 valence electrons. The van der Waals surface area contributed by atoms with Crippen molar-refractivity contribution in [2.45, 2.75) is 30.7 Å². The van der Waals surface area contributed by atoms with Crippen LogP contribution in [0.15, 0.2) is 60.7 Å². The maximum absolute atomic E-state index is 10.1. The molecule has 1 saturated heterocycles. The average Bonchev–Trinajstić information content (AvgIpc) is 2.69. The van der Waals surface area contributed by atoms with Crippen LogP contribution < -0.4 is 9.47 Å². The zero-order valence-corrected chi connectivity index (χ0v) is 15.1. The first-order chi connectivity index (χ1) is 13.0. The Kier molecular flexibility index (Phi) is 6.59. The molecule has 0 radical (unpaired) electrons. The zero-order valence-electron chi connectivity index (χ0n) is 14.3. The van der Waals surface area contributed by atoms with Crippen molar-refractivity contribution in [1.29, 1.82) is 0 Å². The van der Waals surface area contributed by atoms with Crippen LogP contribution in [0.25, 0.3) is 0 Å². The van der Waals surface area contributed by atoms with Gasteiger partial charge in [-0.3, -0.25) is 0 Å². The van der Waals surface area contributed by atoms with Gasteiger partial charge in [0.1, 0.15) is 42.5 Å². The molecule has 0 aromatic heterocycles. The molecular formula is C19H20O7S. The van der Waals surface area contributed by atoms with Crippen LogP contribution in [0.4, 0.5) is 0 Å². The zero-order chi connectivity index (χ0) is 19.2. The molecule has 7 nitrogen and oxygen atoms in total. The normalized spacial score (nSPS) is 27.6.